The van der Waals surface area contributed by atoms with Gasteiger partial charge in [-0.25, -0.2) is 0 Å². The number of aliphatic hydroxyl groups excluding tert-OH is 1. The summed E-state index contributed by atoms with van der Waals surface area (Å²) in [7, 11) is 0. The molecular formula is C22H30N2O3. The number of hydrogen-bond acceptors (Lipinski definition) is 5. The number of phenolic OH excluding ortho intramolecular Hbond substituents is 1. The Labute approximate surface area is 161 Å². The topological polar surface area (TPSA) is 56.2 Å². The zero-order valence-corrected chi connectivity index (χ0v) is 16.1. The molecule has 27 heavy (non-hydrogen) atoms. The molecule has 2 aromatic carbocycles. The molecule has 1 aliphatic rings. The minimum atomic E-state index is 0.206. The number of aliphatic hydroxyl groups is 1. The lowest BCUT2D eigenvalue weighted by Crippen LogP contribution is -2.52. The normalized spacial score (nSPS) is 18.5. The van der Waals surface area contributed by atoms with Crippen LogP contribution in [0.4, 0.5) is 0 Å². The van der Waals surface area contributed by atoms with Crippen LogP contribution < -0.4 is 4.74 Å². The van der Waals surface area contributed by atoms with E-state index in [4.69, 9.17) is 4.74 Å². The molecule has 5 nitrogen and oxygen atoms in total. The number of aromatic hydroxyl groups is 1. The van der Waals surface area contributed by atoms with Crippen LogP contribution in [0.2, 0.25) is 0 Å². The Kier molecular flexibility index (Phi) is 7.10. The van der Waals surface area contributed by atoms with E-state index in [1.165, 1.54) is 11.1 Å². The van der Waals surface area contributed by atoms with Crippen molar-refractivity contribution in [3.8, 4) is 11.5 Å². The van der Waals surface area contributed by atoms with Crippen molar-refractivity contribution in [1.82, 2.24) is 9.80 Å². The fourth-order valence-corrected chi connectivity index (χ4v) is 3.68. The predicted molar refractivity (Wildman–Crippen MR) is 107 cm³/mol. The Morgan fingerprint density at radius 1 is 0.963 bits per heavy atom. The van der Waals surface area contributed by atoms with Crippen molar-refractivity contribution in [1.29, 1.82) is 0 Å². The smallest absolute Gasteiger partial charge is 0.119 e. The molecule has 0 spiro atoms. The highest BCUT2D eigenvalue weighted by atomic mass is 16.5. The largest absolute Gasteiger partial charge is 0.508 e. The second-order valence-corrected chi connectivity index (χ2v) is 7.12. The number of ether oxygens (including phenoxy) is 1. The molecule has 5 heteroatoms. The molecule has 3 rings (SSSR count). The van der Waals surface area contributed by atoms with Gasteiger partial charge in [-0.1, -0.05) is 24.3 Å². The van der Waals surface area contributed by atoms with E-state index in [9.17, 15) is 10.2 Å². The van der Waals surface area contributed by atoms with E-state index in [0.717, 1.165) is 44.9 Å². The average Bonchev–Trinajstić information content (AvgIpc) is 2.68. The summed E-state index contributed by atoms with van der Waals surface area (Å²) in [5.74, 6) is 1.21. The van der Waals surface area contributed by atoms with Crippen molar-refractivity contribution in [3.05, 3.63) is 59.7 Å². The van der Waals surface area contributed by atoms with Crippen LogP contribution in [0.5, 0.6) is 11.5 Å². The number of hydrogen-bond donors (Lipinski definition) is 2. The third kappa shape index (κ3) is 5.70. The fourth-order valence-electron chi connectivity index (χ4n) is 3.68. The summed E-state index contributed by atoms with van der Waals surface area (Å²) in [6, 6.07) is 16.1. The molecule has 1 heterocycles. The first-order valence-corrected chi connectivity index (χ1v) is 9.75. The molecule has 1 fully saturated rings. The molecule has 2 aromatic rings. The maximum Gasteiger partial charge on any atom is 0.119 e. The number of piperazine rings is 1. The predicted octanol–water partition coefficient (Wildman–Crippen LogP) is 2.86. The van der Waals surface area contributed by atoms with Crippen LogP contribution in [0.15, 0.2) is 48.5 Å². The van der Waals surface area contributed by atoms with Crippen molar-refractivity contribution in [2.75, 3.05) is 32.8 Å². The maximum absolute atomic E-state index is 9.51. The van der Waals surface area contributed by atoms with Gasteiger partial charge in [0, 0.05) is 45.4 Å². The van der Waals surface area contributed by atoms with Gasteiger partial charge in [-0.3, -0.25) is 9.80 Å². The van der Waals surface area contributed by atoms with E-state index in [1.54, 1.807) is 12.1 Å². The van der Waals surface area contributed by atoms with E-state index >= 15 is 0 Å². The van der Waals surface area contributed by atoms with E-state index in [-0.39, 0.29) is 6.61 Å². The van der Waals surface area contributed by atoms with Crippen LogP contribution in [0.3, 0.4) is 0 Å². The highest BCUT2D eigenvalue weighted by Crippen LogP contribution is 2.20. The first-order chi connectivity index (χ1) is 13.2. The highest BCUT2D eigenvalue weighted by molar-refractivity contribution is 5.27. The molecule has 1 saturated heterocycles. The minimum absolute atomic E-state index is 0.206. The molecule has 0 aromatic heterocycles. The zero-order chi connectivity index (χ0) is 19.1. The highest BCUT2D eigenvalue weighted by Gasteiger charge is 2.26. The third-order valence-electron chi connectivity index (χ3n) is 5.11. The summed E-state index contributed by atoms with van der Waals surface area (Å²) in [5.41, 5.74) is 2.48. The summed E-state index contributed by atoms with van der Waals surface area (Å²) in [5, 5.41) is 19.0. The molecule has 0 aliphatic carbocycles. The molecule has 1 aliphatic heterocycles. The lowest BCUT2D eigenvalue weighted by Gasteiger charge is -2.41. The van der Waals surface area contributed by atoms with Gasteiger partial charge in [0.15, 0.2) is 0 Å². The average molecular weight is 370 g/mol. The summed E-state index contributed by atoms with van der Waals surface area (Å²) >= 11 is 0. The van der Waals surface area contributed by atoms with Gasteiger partial charge < -0.3 is 14.9 Å². The third-order valence-corrected chi connectivity index (χ3v) is 5.11. The molecule has 146 valence electrons. The van der Waals surface area contributed by atoms with Gasteiger partial charge in [0.25, 0.3) is 0 Å². The first-order valence-electron chi connectivity index (χ1n) is 9.75. The van der Waals surface area contributed by atoms with Crippen LogP contribution in [-0.2, 0) is 13.1 Å². The zero-order valence-electron chi connectivity index (χ0n) is 16.1. The number of rotatable bonds is 8. The van der Waals surface area contributed by atoms with Gasteiger partial charge >= 0.3 is 0 Å². The summed E-state index contributed by atoms with van der Waals surface area (Å²) in [6.45, 7) is 7.57. The molecule has 1 unspecified atom stereocenters. The SMILES string of the molecule is CCOc1ccc(CN2CCN(Cc3ccc(O)cc3)CC2CCO)cc1. The number of phenols is 1. The van der Waals surface area contributed by atoms with Crippen LogP contribution in [0.1, 0.15) is 24.5 Å². The van der Waals surface area contributed by atoms with Gasteiger partial charge in [-0.05, 0) is 48.7 Å². The fraction of sp³-hybridized carbons (Fsp3) is 0.455. The van der Waals surface area contributed by atoms with Crippen molar-refractivity contribution in [2.24, 2.45) is 0 Å². The lowest BCUT2D eigenvalue weighted by molar-refractivity contribution is 0.0499. The Hall–Kier alpha value is -2.08. The minimum Gasteiger partial charge on any atom is -0.508 e. The molecule has 0 bridgehead atoms. The van der Waals surface area contributed by atoms with Gasteiger partial charge in [0.1, 0.15) is 11.5 Å². The van der Waals surface area contributed by atoms with Crippen LogP contribution in [0, 0.1) is 0 Å². The van der Waals surface area contributed by atoms with Crippen molar-refractivity contribution in [2.45, 2.75) is 32.5 Å². The molecular weight excluding hydrogens is 340 g/mol. The van der Waals surface area contributed by atoms with Crippen LogP contribution >= 0.6 is 0 Å². The Morgan fingerprint density at radius 3 is 2.30 bits per heavy atom. The van der Waals surface area contributed by atoms with E-state index in [2.05, 4.69) is 21.9 Å². The Balaban J connectivity index is 1.59. The summed E-state index contributed by atoms with van der Waals surface area (Å²) < 4.78 is 5.52. The lowest BCUT2D eigenvalue weighted by atomic mass is 10.1. The van der Waals surface area contributed by atoms with Crippen molar-refractivity contribution in [3.63, 3.8) is 0 Å². The monoisotopic (exact) mass is 370 g/mol. The quantitative estimate of drug-likeness (QED) is 0.748. The number of benzene rings is 2. The number of nitrogens with zero attached hydrogens (tertiary/aromatic N) is 2. The summed E-state index contributed by atoms with van der Waals surface area (Å²) in [6.07, 6.45) is 0.781. The van der Waals surface area contributed by atoms with E-state index in [1.807, 2.05) is 31.2 Å². The van der Waals surface area contributed by atoms with Gasteiger partial charge in [0.05, 0.1) is 6.61 Å². The Bertz CT molecular complexity index is 688. The standard InChI is InChI=1S/C22H30N2O3/c1-2-27-22-9-5-19(6-10-22)16-24-13-12-23(17-20(24)11-14-25)15-18-3-7-21(26)8-4-18/h3-10,20,25-26H,2,11-17H2,1H3. The van der Waals surface area contributed by atoms with Crippen molar-refractivity contribution < 1.29 is 14.9 Å². The second kappa shape index (κ2) is 9.74. The maximum atomic E-state index is 9.51. The van der Waals surface area contributed by atoms with E-state index in [0.29, 0.717) is 18.4 Å². The van der Waals surface area contributed by atoms with Gasteiger partial charge in [-0.15, -0.1) is 0 Å². The van der Waals surface area contributed by atoms with Gasteiger partial charge in [-0.2, -0.15) is 0 Å². The summed E-state index contributed by atoms with van der Waals surface area (Å²) in [4.78, 5) is 4.90. The first kappa shape index (κ1) is 19.7. The van der Waals surface area contributed by atoms with E-state index < -0.39 is 0 Å². The molecule has 1 atom stereocenters. The molecule has 0 radical (unpaired) electrons. The molecule has 0 saturated carbocycles. The molecule has 0 amide bonds. The van der Waals surface area contributed by atoms with Crippen LogP contribution in [0.25, 0.3) is 0 Å². The second-order valence-electron chi connectivity index (χ2n) is 7.12. The van der Waals surface area contributed by atoms with Gasteiger partial charge in [0.2, 0.25) is 0 Å². The van der Waals surface area contributed by atoms with Crippen molar-refractivity contribution >= 4 is 0 Å². The Morgan fingerprint density at radius 2 is 1.63 bits per heavy atom. The van der Waals surface area contributed by atoms with Crippen LogP contribution in [-0.4, -0.2) is 58.9 Å². The molecule has 2 N–H and O–H groups in total.